The van der Waals surface area contributed by atoms with Crippen LogP contribution in [0.1, 0.15) is 15.9 Å². The lowest BCUT2D eigenvalue weighted by molar-refractivity contribution is 0.0697. The van der Waals surface area contributed by atoms with E-state index >= 15 is 0 Å². The summed E-state index contributed by atoms with van der Waals surface area (Å²) in [6.07, 6.45) is 1.79. The number of carboxylic acids is 1. The predicted molar refractivity (Wildman–Crippen MR) is 83.4 cm³/mol. The van der Waals surface area contributed by atoms with Crippen LogP contribution in [0.25, 0.3) is 10.9 Å². The van der Waals surface area contributed by atoms with Gasteiger partial charge in [-0.15, -0.1) is 0 Å². The molecule has 0 fully saturated rings. The second kappa shape index (κ2) is 6.13. The van der Waals surface area contributed by atoms with Crippen LogP contribution in [0.5, 0.6) is 0 Å². The Labute approximate surface area is 127 Å². The number of nitrogens with zero attached hydrogens (tertiary/aromatic N) is 3. The Balaban J connectivity index is 1.71. The fourth-order valence-corrected chi connectivity index (χ4v) is 2.07. The van der Waals surface area contributed by atoms with Crippen LogP contribution in [0.4, 0.5) is 5.69 Å². The zero-order chi connectivity index (χ0) is 15.4. The van der Waals surface area contributed by atoms with Crippen molar-refractivity contribution in [3.63, 3.8) is 0 Å². The first kappa shape index (κ1) is 13.9. The lowest BCUT2D eigenvalue weighted by Crippen LogP contribution is -1.94. The van der Waals surface area contributed by atoms with Crippen molar-refractivity contribution < 1.29 is 9.90 Å². The molecule has 0 aliphatic carbocycles. The Morgan fingerprint density at radius 1 is 1.09 bits per heavy atom. The van der Waals surface area contributed by atoms with Gasteiger partial charge in [-0.2, -0.15) is 10.2 Å². The summed E-state index contributed by atoms with van der Waals surface area (Å²) in [7, 11) is 0. The number of benzene rings is 2. The number of aromatic nitrogens is 1. The summed E-state index contributed by atoms with van der Waals surface area (Å²) in [5.41, 5.74) is 2.79. The number of carbonyl (C=O) groups is 1. The van der Waals surface area contributed by atoms with Gasteiger partial charge >= 0.3 is 5.97 Å². The van der Waals surface area contributed by atoms with Crippen LogP contribution in [0.15, 0.2) is 71.0 Å². The Morgan fingerprint density at radius 2 is 1.86 bits per heavy atom. The zero-order valence-corrected chi connectivity index (χ0v) is 11.7. The molecule has 108 valence electrons. The Kier molecular flexibility index (Phi) is 3.87. The molecule has 0 unspecified atom stereocenters. The fourth-order valence-electron chi connectivity index (χ4n) is 2.07. The van der Waals surface area contributed by atoms with E-state index in [4.69, 9.17) is 5.11 Å². The van der Waals surface area contributed by atoms with Gasteiger partial charge < -0.3 is 5.11 Å². The summed E-state index contributed by atoms with van der Waals surface area (Å²) in [6.45, 7) is 0.429. The van der Waals surface area contributed by atoms with Crippen LogP contribution >= 0.6 is 0 Å². The van der Waals surface area contributed by atoms with Gasteiger partial charge in [-0.1, -0.05) is 18.2 Å². The Bertz CT molecular complexity index is 842. The molecule has 3 aromatic rings. The van der Waals surface area contributed by atoms with Crippen molar-refractivity contribution in [2.45, 2.75) is 6.54 Å². The number of aromatic carboxylic acids is 1. The molecule has 1 N–H and O–H groups in total. The van der Waals surface area contributed by atoms with E-state index < -0.39 is 5.97 Å². The number of hydrogen-bond acceptors (Lipinski definition) is 4. The summed E-state index contributed by atoms with van der Waals surface area (Å²) in [5, 5.41) is 18.1. The number of para-hydroxylation sites is 1. The average molecular weight is 291 g/mol. The first-order chi connectivity index (χ1) is 10.7. The van der Waals surface area contributed by atoms with Gasteiger partial charge in [0.1, 0.15) is 0 Å². The first-order valence-corrected chi connectivity index (χ1v) is 6.77. The third kappa shape index (κ3) is 3.15. The molecular formula is C17H13N3O2. The highest BCUT2D eigenvalue weighted by Gasteiger charge is 2.01. The molecule has 5 heteroatoms. The largest absolute Gasteiger partial charge is 0.478 e. The van der Waals surface area contributed by atoms with Gasteiger partial charge in [0.05, 0.1) is 23.3 Å². The van der Waals surface area contributed by atoms with Gasteiger partial charge in [0.2, 0.25) is 0 Å². The van der Waals surface area contributed by atoms with E-state index in [1.807, 2.05) is 30.3 Å². The van der Waals surface area contributed by atoms with Crippen molar-refractivity contribution >= 4 is 22.6 Å². The van der Waals surface area contributed by atoms with Crippen LogP contribution in [0.2, 0.25) is 0 Å². The van der Waals surface area contributed by atoms with E-state index in [1.165, 1.54) is 12.1 Å². The number of fused-ring (bicyclic) bond motifs is 1. The van der Waals surface area contributed by atoms with Crippen molar-refractivity contribution in [1.29, 1.82) is 0 Å². The summed E-state index contributed by atoms with van der Waals surface area (Å²) < 4.78 is 0. The second-order valence-electron chi connectivity index (χ2n) is 4.79. The molecule has 0 spiro atoms. The number of pyridine rings is 1. The standard InChI is InChI=1S/C17H13N3O2/c21-17(22)13-5-7-15(8-6-13)20-19-11-12-9-14-3-1-2-4-16(14)18-10-12/h1-10H,11H2,(H,21,22). The minimum Gasteiger partial charge on any atom is -0.478 e. The molecule has 0 radical (unpaired) electrons. The molecule has 0 bridgehead atoms. The molecule has 1 heterocycles. The Morgan fingerprint density at radius 3 is 2.64 bits per heavy atom. The predicted octanol–water partition coefficient (Wildman–Crippen LogP) is 4.22. The maximum Gasteiger partial charge on any atom is 0.335 e. The van der Waals surface area contributed by atoms with Crippen LogP contribution < -0.4 is 0 Å². The normalized spacial score (nSPS) is 11.1. The highest BCUT2D eigenvalue weighted by molar-refractivity contribution is 5.87. The van der Waals surface area contributed by atoms with Gasteiger partial charge in [0.25, 0.3) is 0 Å². The minimum absolute atomic E-state index is 0.234. The van der Waals surface area contributed by atoms with E-state index in [2.05, 4.69) is 15.2 Å². The smallest absolute Gasteiger partial charge is 0.335 e. The molecule has 22 heavy (non-hydrogen) atoms. The number of azo groups is 1. The average Bonchev–Trinajstić information content (AvgIpc) is 2.55. The molecule has 0 saturated heterocycles. The van der Waals surface area contributed by atoms with Crippen LogP contribution in [-0.2, 0) is 6.54 Å². The highest BCUT2D eigenvalue weighted by atomic mass is 16.4. The highest BCUT2D eigenvalue weighted by Crippen LogP contribution is 2.16. The molecule has 1 aromatic heterocycles. The van der Waals surface area contributed by atoms with E-state index in [9.17, 15) is 4.79 Å². The van der Waals surface area contributed by atoms with Crippen molar-refractivity contribution in [3.8, 4) is 0 Å². The molecule has 0 saturated carbocycles. The van der Waals surface area contributed by atoms with Gasteiger partial charge in [0, 0.05) is 11.6 Å². The first-order valence-electron chi connectivity index (χ1n) is 6.77. The van der Waals surface area contributed by atoms with E-state index in [0.29, 0.717) is 12.2 Å². The van der Waals surface area contributed by atoms with Gasteiger partial charge in [-0.05, 0) is 42.0 Å². The third-order valence-corrected chi connectivity index (χ3v) is 3.20. The molecule has 0 amide bonds. The SMILES string of the molecule is O=C(O)c1ccc(N=NCc2cnc3ccccc3c2)cc1. The zero-order valence-electron chi connectivity index (χ0n) is 11.7. The molecule has 0 aliphatic heterocycles. The molecule has 0 aliphatic rings. The topological polar surface area (TPSA) is 74.9 Å². The van der Waals surface area contributed by atoms with Crippen molar-refractivity contribution in [2.75, 3.05) is 0 Å². The third-order valence-electron chi connectivity index (χ3n) is 3.20. The molecular weight excluding hydrogens is 278 g/mol. The summed E-state index contributed by atoms with van der Waals surface area (Å²) in [4.78, 5) is 15.1. The van der Waals surface area contributed by atoms with E-state index in [0.717, 1.165) is 16.5 Å². The van der Waals surface area contributed by atoms with Crippen LogP contribution in [0, 0.1) is 0 Å². The summed E-state index contributed by atoms with van der Waals surface area (Å²) in [6, 6.07) is 16.2. The van der Waals surface area contributed by atoms with Crippen molar-refractivity contribution in [1.82, 2.24) is 4.98 Å². The molecule has 5 nitrogen and oxygen atoms in total. The summed E-state index contributed by atoms with van der Waals surface area (Å²) >= 11 is 0. The summed E-state index contributed by atoms with van der Waals surface area (Å²) in [5.74, 6) is -0.953. The lowest BCUT2D eigenvalue weighted by Gasteiger charge is -1.99. The van der Waals surface area contributed by atoms with Gasteiger partial charge in [-0.25, -0.2) is 4.79 Å². The maximum atomic E-state index is 10.8. The van der Waals surface area contributed by atoms with Crippen molar-refractivity contribution in [3.05, 3.63) is 71.9 Å². The molecule has 3 rings (SSSR count). The van der Waals surface area contributed by atoms with Gasteiger partial charge in [-0.3, -0.25) is 4.98 Å². The number of carboxylic acid groups (broad SMARTS) is 1. The Hall–Kier alpha value is -3.08. The molecule has 2 aromatic carbocycles. The quantitative estimate of drug-likeness (QED) is 0.731. The monoisotopic (exact) mass is 291 g/mol. The molecule has 0 atom stereocenters. The van der Waals surface area contributed by atoms with Crippen molar-refractivity contribution in [2.24, 2.45) is 10.2 Å². The number of rotatable bonds is 4. The van der Waals surface area contributed by atoms with Crippen LogP contribution in [-0.4, -0.2) is 16.1 Å². The van der Waals surface area contributed by atoms with Gasteiger partial charge in [0.15, 0.2) is 0 Å². The maximum absolute atomic E-state index is 10.8. The van der Waals surface area contributed by atoms with Crippen LogP contribution in [0.3, 0.4) is 0 Å². The number of hydrogen-bond donors (Lipinski definition) is 1. The fraction of sp³-hybridized carbons (Fsp3) is 0.0588. The van der Waals surface area contributed by atoms with E-state index in [1.54, 1.807) is 18.3 Å². The van der Waals surface area contributed by atoms with E-state index in [-0.39, 0.29) is 5.56 Å². The minimum atomic E-state index is -0.953. The second-order valence-corrected chi connectivity index (χ2v) is 4.79. The lowest BCUT2D eigenvalue weighted by atomic mass is 10.2.